The third-order valence-electron chi connectivity index (χ3n) is 3.99. The smallest absolute Gasteiger partial charge is 0.276 e. The number of benzene rings is 1. The molecular weight excluding hydrogens is 308 g/mol. The van der Waals surface area contributed by atoms with Crippen molar-refractivity contribution in [2.24, 2.45) is 5.73 Å². The summed E-state index contributed by atoms with van der Waals surface area (Å²) in [7, 11) is 0. The van der Waals surface area contributed by atoms with E-state index in [1.165, 1.54) is 0 Å². The molecule has 126 valence electrons. The van der Waals surface area contributed by atoms with Gasteiger partial charge in [-0.15, -0.1) is 5.10 Å². The van der Waals surface area contributed by atoms with Crippen LogP contribution in [0, 0.1) is 0 Å². The molecule has 0 bridgehead atoms. The number of primary amides is 1. The van der Waals surface area contributed by atoms with Crippen LogP contribution in [0.4, 0.5) is 0 Å². The van der Waals surface area contributed by atoms with Crippen LogP contribution >= 0.6 is 0 Å². The largest absolute Gasteiger partial charge is 0.369 e. The molecule has 2 heterocycles. The highest BCUT2D eigenvalue weighted by atomic mass is 16.2. The third-order valence-corrected chi connectivity index (χ3v) is 3.99. The number of carbonyl (C=O) groups excluding carboxylic acids is 2. The van der Waals surface area contributed by atoms with Crippen LogP contribution < -0.4 is 5.73 Å². The van der Waals surface area contributed by atoms with Gasteiger partial charge in [-0.2, -0.15) is 0 Å². The van der Waals surface area contributed by atoms with Crippen LogP contribution in [0.15, 0.2) is 36.5 Å². The molecule has 0 atom stereocenters. The normalized spacial score (nSPS) is 15.9. The highest BCUT2D eigenvalue weighted by molar-refractivity contribution is 5.92. The summed E-state index contributed by atoms with van der Waals surface area (Å²) < 4.78 is 1.59. The number of hydrogen-bond acceptors (Lipinski definition) is 5. The van der Waals surface area contributed by atoms with Gasteiger partial charge in [-0.3, -0.25) is 14.5 Å². The standard InChI is InChI=1S/C16H20N6O2/c17-15(23)12-20-7-4-8-21(10-9-20)16(24)14-11-22(19-18-14)13-5-2-1-3-6-13/h1-3,5-6,11H,4,7-10,12H2,(H2,17,23). The number of nitrogens with zero attached hydrogens (tertiary/aromatic N) is 5. The molecule has 1 aliphatic rings. The Morgan fingerprint density at radius 2 is 1.88 bits per heavy atom. The molecule has 2 aromatic rings. The second kappa shape index (κ2) is 7.22. The van der Waals surface area contributed by atoms with Crippen LogP contribution in [0.25, 0.3) is 5.69 Å². The Kier molecular flexibility index (Phi) is 4.85. The number of hydrogen-bond donors (Lipinski definition) is 1. The molecule has 1 saturated heterocycles. The summed E-state index contributed by atoms with van der Waals surface area (Å²) in [4.78, 5) is 27.4. The predicted molar refractivity (Wildman–Crippen MR) is 87.5 cm³/mol. The summed E-state index contributed by atoms with van der Waals surface area (Å²) in [6, 6.07) is 9.52. The van der Waals surface area contributed by atoms with Gasteiger partial charge in [0.1, 0.15) is 0 Å². The Morgan fingerprint density at radius 1 is 1.08 bits per heavy atom. The molecule has 2 N–H and O–H groups in total. The van der Waals surface area contributed by atoms with Crippen LogP contribution in [0.5, 0.6) is 0 Å². The molecule has 24 heavy (non-hydrogen) atoms. The number of nitrogens with two attached hydrogens (primary N) is 1. The first kappa shape index (κ1) is 16.1. The molecule has 0 unspecified atom stereocenters. The van der Waals surface area contributed by atoms with Crippen molar-refractivity contribution in [2.75, 3.05) is 32.7 Å². The van der Waals surface area contributed by atoms with E-state index in [1.807, 2.05) is 35.2 Å². The molecule has 0 aliphatic carbocycles. The van der Waals surface area contributed by atoms with Crippen molar-refractivity contribution in [1.82, 2.24) is 24.8 Å². The van der Waals surface area contributed by atoms with Crippen LogP contribution in [0.1, 0.15) is 16.9 Å². The van der Waals surface area contributed by atoms with E-state index < -0.39 is 0 Å². The van der Waals surface area contributed by atoms with Gasteiger partial charge in [0, 0.05) is 26.2 Å². The first-order valence-electron chi connectivity index (χ1n) is 7.91. The SMILES string of the molecule is NC(=O)CN1CCCN(C(=O)c2cn(-c3ccccc3)nn2)CC1. The molecule has 1 aromatic heterocycles. The molecular formula is C16H20N6O2. The third kappa shape index (κ3) is 3.77. The zero-order chi connectivity index (χ0) is 16.9. The lowest BCUT2D eigenvalue weighted by Gasteiger charge is -2.20. The highest BCUT2D eigenvalue weighted by Crippen LogP contribution is 2.10. The van der Waals surface area contributed by atoms with Gasteiger partial charge in [-0.1, -0.05) is 23.4 Å². The Hall–Kier alpha value is -2.74. The van der Waals surface area contributed by atoms with Crippen molar-refractivity contribution < 1.29 is 9.59 Å². The molecule has 2 amide bonds. The molecule has 8 heteroatoms. The number of rotatable bonds is 4. The van der Waals surface area contributed by atoms with Crippen molar-refractivity contribution >= 4 is 11.8 Å². The minimum Gasteiger partial charge on any atom is -0.369 e. The Morgan fingerprint density at radius 3 is 2.62 bits per heavy atom. The number of carbonyl (C=O) groups is 2. The lowest BCUT2D eigenvalue weighted by atomic mass is 10.3. The highest BCUT2D eigenvalue weighted by Gasteiger charge is 2.23. The van der Waals surface area contributed by atoms with E-state index in [0.717, 1.165) is 18.7 Å². The van der Waals surface area contributed by atoms with Crippen LogP contribution in [-0.4, -0.2) is 69.3 Å². The first-order valence-corrected chi connectivity index (χ1v) is 7.91. The van der Waals surface area contributed by atoms with Gasteiger partial charge in [0.15, 0.2) is 5.69 Å². The summed E-state index contributed by atoms with van der Waals surface area (Å²) >= 11 is 0. The monoisotopic (exact) mass is 328 g/mol. The van der Waals surface area contributed by atoms with Crippen molar-refractivity contribution in [3.8, 4) is 5.69 Å². The lowest BCUT2D eigenvalue weighted by Crippen LogP contribution is -2.38. The maximum Gasteiger partial charge on any atom is 0.276 e. The van der Waals surface area contributed by atoms with E-state index in [2.05, 4.69) is 10.3 Å². The van der Waals surface area contributed by atoms with Crippen LogP contribution in [-0.2, 0) is 4.79 Å². The van der Waals surface area contributed by atoms with Crippen LogP contribution in [0.2, 0.25) is 0 Å². The topological polar surface area (TPSA) is 97.4 Å². The number of para-hydroxylation sites is 1. The van der Waals surface area contributed by atoms with E-state index in [1.54, 1.807) is 15.8 Å². The summed E-state index contributed by atoms with van der Waals surface area (Å²) in [5.41, 5.74) is 6.41. The van der Waals surface area contributed by atoms with Crippen molar-refractivity contribution in [1.29, 1.82) is 0 Å². The second-order valence-corrected chi connectivity index (χ2v) is 5.77. The fourth-order valence-electron chi connectivity index (χ4n) is 2.78. The van der Waals surface area contributed by atoms with Gasteiger partial charge in [0.2, 0.25) is 5.91 Å². The van der Waals surface area contributed by atoms with E-state index >= 15 is 0 Å². The Bertz CT molecular complexity index is 714. The summed E-state index contributed by atoms with van der Waals surface area (Å²) in [5, 5.41) is 8.03. The molecule has 0 saturated carbocycles. The van der Waals surface area contributed by atoms with Gasteiger partial charge in [-0.25, -0.2) is 4.68 Å². The Labute approximate surface area is 139 Å². The maximum absolute atomic E-state index is 12.6. The average molecular weight is 328 g/mol. The zero-order valence-corrected chi connectivity index (χ0v) is 13.3. The van der Waals surface area contributed by atoms with Crippen molar-refractivity contribution in [3.05, 3.63) is 42.2 Å². The Balaban J connectivity index is 1.66. The van der Waals surface area contributed by atoms with Crippen LogP contribution in [0.3, 0.4) is 0 Å². The zero-order valence-electron chi connectivity index (χ0n) is 13.3. The molecule has 0 radical (unpaired) electrons. The molecule has 3 rings (SSSR count). The molecule has 1 aromatic carbocycles. The van der Waals surface area contributed by atoms with E-state index in [9.17, 15) is 9.59 Å². The van der Waals surface area contributed by atoms with Gasteiger partial charge >= 0.3 is 0 Å². The van der Waals surface area contributed by atoms with Gasteiger partial charge < -0.3 is 10.6 Å². The number of aromatic nitrogens is 3. The fourth-order valence-corrected chi connectivity index (χ4v) is 2.78. The maximum atomic E-state index is 12.6. The fraction of sp³-hybridized carbons (Fsp3) is 0.375. The minimum atomic E-state index is -0.347. The summed E-state index contributed by atoms with van der Waals surface area (Å²) in [6.45, 7) is 2.79. The first-order chi connectivity index (χ1) is 11.6. The quantitative estimate of drug-likeness (QED) is 0.845. The lowest BCUT2D eigenvalue weighted by molar-refractivity contribution is -0.119. The van der Waals surface area contributed by atoms with E-state index in [-0.39, 0.29) is 18.4 Å². The van der Waals surface area contributed by atoms with Gasteiger partial charge in [0.05, 0.1) is 18.4 Å². The number of amides is 2. The molecule has 1 fully saturated rings. The second-order valence-electron chi connectivity index (χ2n) is 5.77. The molecule has 8 nitrogen and oxygen atoms in total. The minimum absolute atomic E-state index is 0.141. The molecule has 0 spiro atoms. The van der Waals surface area contributed by atoms with Gasteiger partial charge in [0.25, 0.3) is 5.91 Å². The predicted octanol–water partition coefficient (Wildman–Crippen LogP) is -0.0995. The summed E-state index contributed by atoms with van der Waals surface area (Å²) in [6.07, 6.45) is 2.44. The summed E-state index contributed by atoms with van der Waals surface area (Å²) in [5.74, 6) is -0.487. The van der Waals surface area contributed by atoms with Crippen molar-refractivity contribution in [3.63, 3.8) is 0 Å². The van der Waals surface area contributed by atoms with Crippen molar-refractivity contribution in [2.45, 2.75) is 6.42 Å². The van der Waals surface area contributed by atoms with Gasteiger partial charge in [-0.05, 0) is 18.6 Å². The molecule has 1 aliphatic heterocycles. The average Bonchev–Trinajstić information content (AvgIpc) is 2.96. The van der Waals surface area contributed by atoms with E-state index in [4.69, 9.17) is 5.73 Å². The van der Waals surface area contributed by atoms with E-state index in [0.29, 0.717) is 25.3 Å².